The number of ether oxygens (including phenoxy) is 1. The van der Waals surface area contributed by atoms with Crippen LogP contribution < -0.4 is 5.32 Å². The zero-order valence-corrected chi connectivity index (χ0v) is 17.0. The van der Waals surface area contributed by atoms with Gasteiger partial charge in [-0.15, -0.1) is 0 Å². The van der Waals surface area contributed by atoms with Gasteiger partial charge in [-0.05, 0) is 29.8 Å². The molecule has 0 aliphatic carbocycles. The highest BCUT2D eigenvalue weighted by atomic mass is 35.5. The topological polar surface area (TPSA) is 121 Å². The van der Waals surface area contributed by atoms with E-state index in [1.54, 1.807) is 17.0 Å². The number of amides is 2. The van der Waals surface area contributed by atoms with Gasteiger partial charge in [-0.3, -0.25) is 9.59 Å². The summed E-state index contributed by atoms with van der Waals surface area (Å²) in [7, 11) is 1.51. The van der Waals surface area contributed by atoms with Crippen LogP contribution in [-0.4, -0.2) is 57.9 Å². The van der Waals surface area contributed by atoms with Crippen molar-refractivity contribution in [3.63, 3.8) is 0 Å². The molecular weight excluding hydrogens is 408 g/mol. The van der Waals surface area contributed by atoms with Crippen LogP contribution in [0.1, 0.15) is 28.6 Å². The fourth-order valence-corrected chi connectivity index (χ4v) is 3.52. The predicted molar refractivity (Wildman–Crippen MR) is 108 cm³/mol. The van der Waals surface area contributed by atoms with Crippen LogP contribution in [0.3, 0.4) is 0 Å². The fraction of sp³-hybridized carbons (Fsp3) is 0.300. The number of hydrogen-bond acceptors (Lipinski definition) is 7. The zero-order chi connectivity index (χ0) is 21.7. The SMILES string of the molecule is C=CC(=O)N1CCO[C@@H](c2cc(Cl)nc(-c3cc(C(=O)NC)ncn3)c2)[C@@H]1CC#N. The molecule has 0 bridgehead atoms. The van der Waals surface area contributed by atoms with Crippen molar-refractivity contribution < 1.29 is 14.3 Å². The molecule has 1 saturated heterocycles. The van der Waals surface area contributed by atoms with Crippen LogP contribution in [-0.2, 0) is 9.53 Å². The first-order chi connectivity index (χ1) is 14.5. The monoisotopic (exact) mass is 426 g/mol. The Labute approximate surface area is 178 Å². The predicted octanol–water partition coefficient (Wildman–Crippen LogP) is 1.92. The number of carbonyl (C=O) groups is 2. The quantitative estimate of drug-likeness (QED) is 0.572. The number of morpholine rings is 1. The molecular formula is C20H19ClN6O3. The molecule has 1 aliphatic heterocycles. The molecule has 2 atom stereocenters. The van der Waals surface area contributed by atoms with Crippen LogP contribution in [0.5, 0.6) is 0 Å². The van der Waals surface area contributed by atoms with E-state index in [9.17, 15) is 14.9 Å². The fourth-order valence-electron chi connectivity index (χ4n) is 3.30. The van der Waals surface area contributed by atoms with E-state index in [1.165, 1.54) is 25.5 Å². The van der Waals surface area contributed by atoms with Crippen LogP contribution in [0.2, 0.25) is 5.15 Å². The van der Waals surface area contributed by atoms with Crippen LogP contribution in [0.15, 0.2) is 37.2 Å². The Hall–Kier alpha value is -3.35. The van der Waals surface area contributed by atoms with Gasteiger partial charge in [0.1, 0.15) is 23.3 Å². The first-order valence-electron chi connectivity index (χ1n) is 9.12. The lowest BCUT2D eigenvalue weighted by atomic mass is 9.96. The molecule has 0 aromatic carbocycles. The molecule has 0 spiro atoms. The van der Waals surface area contributed by atoms with E-state index in [1.807, 2.05) is 0 Å². The van der Waals surface area contributed by atoms with E-state index in [0.717, 1.165) is 0 Å². The van der Waals surface area contributed by atoms with Gasteiger partial charge in [-0.25, -0.2) is 15.0 Å². The molecule has 10 heteroatoms. The van der Waals surface area contributed by atoms with Crippen LogP contribution >= 0.6 is 11.6 Å². The van der Waals surface area contributed by atoms with Gasteiger partial charge in [-0.2, -0.15) is 5.26 Å². The number of nitrogens with zero attached hydrogens (tertiary/aromatic N) is 5. The first kappa shape index (κ1) is 21.4. The van der Waals surface area contributed by atoms with Gasteiger partial charge in [0, 0.05) is 13.6 Å². The smallest absolute Gasteiger partial charge is 0.269 e. The molecule has 1 aliphatic rings. The summed E-state index contributed by atoms with van der Waals surface area (Å²) in [6.07, 6.45) is 1.98. The standard InChI is InChI=1S/C20H19ClN6O3/c1-3-18(28)27-6-7-30-19(16(27)4-5-22)12-8-14(26-17(21)9-12)13-10-15(20(29)23-2)25-11-24-13/h3,8-11,16,19H,1,4,6-7H2,2H3,(H,23,29)/t16-,19-/m0/s1. The van der Waals surface area contributed by atoms with Crippen molar-refractivity contribution in [2.45, 2.75) is 18.6 Å². The number of carbonyl (C=O) groups excluding carboxylic acids is 2. The number of rotatable bonds is 5. The zero-order valence-electron chi connectivity index (χ0n) is 16.2. The summed E-state index contributed by atoms with van der Waals surface area (Å²) < 4.78 is 5.92. The Balaban J connectivity index is 2.02. The number of pyridine rings is 1. The molecule has 3 heterocycles. The van der Waals surface area contributed by atoms with Crippen molar-refractivity contribution in [3.8, 4) is 17.5 Å². The Morgan fingerprint density at radius 3 is 2.90 bits per heavy atom. The van der Waals surface area contributed by atoms with Crippen molar-refractivity contribution in [1.29, 1.82) is 5.26 Å². The summed E-state index contributed by atoms with van der Waals surface area (Å²) in [5.74, 6) is -0.626. The van der Waals surface area contributed by atoms with E-state index in [-0.39, 0.29) is 29.1 Å². The van der Waals surface area contributed by atoms with Gasteiger partial charge in [0.2, 0.25) is 5.91 Å². The average molecular weight is 427 g/mol. The first-order valence-corrected chi connectivity index (χ1v) is 9.49. The minimum atomic E-state index is -0.582. The van der Waals surface area contributed by atoms with Crippen LogP contribution in [0.4, 0.5) is 0 Å². The molecule has 30 heavy (non-hydrogen) atoms. The number of halogens is 1. The second-order valence-corrected chi connectivity index (χ2v) is 6.82. The van der Waals surface area contributed by atoms with Crippen molar-refractivity contribution >= 4 is 23.4 Å². The summed E-state index contributed by atoms with van der Waals surface area (Å²) in [4.78, 5) is 38.1. The molecule has 0 saturated carbocycles. The Kier molecular flexibility index (Phi) is 6.72. The molecule has 0 radical (unpaired) electrons. The van der Waals surface area contributed by atoms with Gasteiger partial charge >= 0.3 is 0 Å². The molecule has 3 rings (SSSR count). The number of nitriles is 1. The van der Waals surface area contributed by atoms with E-state index >= 15 is 0 Å². The average Bonchev–Trinajstić information content (AvgIpc) is 2.78. The lowest BCUT2D eigenvalue weighted by Gasteiger charge is -2.40. The molecule has 0 unspecified atom stereocenters. The molecule has 2 amide bonds. The summed E-state index contributed by atoms with van der Waals surface area (Å²) in [5.41, 5.74) is 1.65. The van der Waals surface area contributed by atoms with Crippen molar-refractivity contribution in [2.75, 3.05) is 20.2 Å². The van der Waals surface area contributed by atoms with Gasteiger partial charge in [-0.1, -0.05) is 18.2 Å². The highest BCUT2D eigenvalue weighted by Crippen LogP contribution is 2.33. The highest BCUT2D eigenvalue weighted by molar-refractivity contribution is 6.29. The van der Waals surface area contributed by atoms with E-state index in [4.69, 9.17) is 16.3 Å². The number of nitrogens with one attached hydrogen (secondary N) is 1. The highest BCUT2D eigenvalue weighted by Gasteiger charge is 2.35. The van der Waals surface area contributed by atoms with E-state index in [0.29, 0.717) is 30.1 Å². The molecule has 1 fully saturated rings. The maximum absolute atomic E-state index is 12.3. The summed E-state index contributed by atoms with van der Waals surface area (Å²) in [6.45, 7) is 4.20. The minimum Gasteiger partial charge on any atom is -0.369 e. The molecule has 2 aromatic heterocycles. The molecule has 154 valence electrons. The maximum Gasteiger partial charge on any atom is 0.269 e. The van der Waals surface area contributed by atoms with Gasteiger partial charge in [0.05, 0.1) is 36.5 Å². The number of aromatic nitrogens is 3. The summed E-state index contributed by atoms with van der Waals surface area (Å²) in [5, 5.41) is 12.0. The molecule has 9 nitrogen and oxygen atoms in total. The third-order valence-corrected chi connectivity index (χ3v) is 4.87. The molecule has 1 N–H and O–H groups in total. The minimum absolute atomic E-state index is 0.0772. The summed E-state index contributed by atoms with van der Waals surface area (Å²) in [6, 6.07) is 6.46. The Morgan fingerprint density at radius 2 is 2.20 bits per heavy atom. The van der Waals surface area contributed by atoms with E-state index < -0.39 is 12.1 Å². The third-order valence-electron chi connectivity index (χ3n) is 4.67. The third kappa shape index (κ3) is 4.45. The van der Waals surface area contributed by atoms with Crippen LogP contribution in [0.25, 0.3) is 11.4 Å². The van der Waals surface area contributed by atoms with Crippen LogP contribution in [0, 0.1) is 11.3 Å². The number of hydrogen-bond donors (Lipinski definition) is 1. The largest absolute Gasteiger partial charge is 0.369 e. The summed E-state index contributed by atoms with van der Waals surface area (Å²) >= 11 is 6.25. The van der Waals surface area contributed by atoms with Gasteiger partial charge in [0.25, 0.3) is 5.91 Å². The molecule has 2 aromatic rings. The maximum atomic E-state index is 12.3. The van der Waals surface area contributed by atoms with Gasteiger partial charge in [0.15, 0.2) is 0 Å². The second-order valence-electron chi connectivity index (χ2n) is 6.43. The lowest BCUT2D eigenvalue weighted by Crippen LogP contribution is -2.49. The second kappa shape index (κ2) is 9.43. The lowest BCUT2D eigenvalue weighted by molar-refractivity contribution is -0.141. The van der Waals surface area contributed by atoms with Crippen molar-refractivity contribution in [2.24, 2.45) is 0 Å². The Bertz CT molecular complexity index is 1020. The van der Waals surface area contributed by atoms with Gasteiger partial charge < -0.3 is 15.0 Å². The van der Waals surface area contributed by atoms with E-state index in [2.05, 4.69) is 32.9 Å². The Morgan fingerprint density at radius 1 is 1.40 bits per heavy atom. The van der Waals surface area contributed by atoms with Crippen molar-refractivity contribution in [3.05, 3.63) is 53.6 Å². The van der Waals surface area contributed by atoms with Crippen molar-refractivity contribution in [1.82, 2.24) is 25.2 Å². The normalized spacial score (nSPS) is 18.4.